The average Bonchev–Trinajstić information content (AvgIpc) is 3.56. The predicted octanol–water partition coefficient (Wildman–Crippen LogP) is 5.62. The van der Waals surface area contributed by atoms with Gasteiger partial charge in [0.2, 0.25) is 21.1 Å². The molecule has 0 bridgehead atoms. The first-order chi connectivity index (χ1) is 28.2. The van der Waals surface area contributed by atoms with Gasteiger partial charge in [-0.05, 0) is 61.4 Å². The standard InChI is InChI=1S/C43H38N4O10S2/c1-44(29-8-4-3-5-9-29)31-14-18-34-37(26-31)56-38-27-32(45(2)30-12-16-33(17-13-30)59(53,54)55)15-19-35(38)42(34)36-10-6-7-11-39(36)58(51,52)46-24-22-28(23-25-46)43(50)57-47-40(48)20-21-41(47)49/h3-19,26-28H,20-25H2,1-2H3. The molecule has 0 aromatic heterocycles. The monoisotopic (exact) mass is 834 g/mol. The van der Waals surface area contributed by atoms with Crippen molar-refractivity contribution in [2.24, 2.45) is 5.92 Å². The van der Waals surface area contributed by atoms with Crippen LogP contribution in [0.25, 0.3) is 33.4 Å². The van der Waals surface area contributed by atoms with Crippen molar-refractivity contribution in [3.63, 3.8) is 0 Å². The largest absolute Gasteiger partial charge is 0.744 e. The Kier molecular flexibility index (Phi) is 10.4. The molecule has 59 heavy (non-hydrogen) atoms. The van der Waals surface area contributed by atoms with Crippen LogP contribution in [0.2, 0.25) is 0 Å². The van der Waals surface area contributed by atoms with E-state index in [-0.39, 0.29) is 48.6 Å². The second kappa shape index (κ2) is 15.5. The number of carbonyl (C=O) groups excluding carboxylic acids is 3. The third-order valence-corrected chi connectivity index (χ3v) is 13.7. The normalized spacial score (nSPS) is 16.2. The highest BCUT2D eigenvalue weighted by Crippen LogP contribution is 2.44. The number of sulfonamides is 1. The van der Waals surface area contributed by atoms with Gasteiger partial charge < -0.3 is 18.7 Å². The van der Waals surface area contributed by atoms with Crippen LogP contribution >= 0.6 is 0 Å². The van der Waals surface area contributed by atoms with Crippen LogP contribution in [0.15, 0.2) is 129 Å². The molecule has 3 heterocycles. The summed E-state index contributed by atoms with van der Waals surface area (Å²) in [6, 6.07) is 33.3. The van der Waals surface area contributed by atoms with Gasteiger partial charge in [0.25, 0.3) is 11.8 Å². The van der Waals surface area contributed by atoms with Crippen LogP contribution in [0.4, 0.5) is 17.1 Å². The zero-order valence-electron chi connectivity index (χ0n) is 32.0. The summed E-state index contributed by atoms with van der Waals surface area (Å²) in [5.74, 6) is -2.16. The molecule has 0 N–H and O–H groups in total. The Morgan fingerprint density at radius 3 is 2.14 bits per heavy atom. The Balaban J connectivity index is 1.21. The lowest BCUT2D eigenvalue weighted by atomic mass is 9.93. The molecule has 1 aliphatic carbocycles. The van der Waals surface area contributed by atoms with Crippen LogP contribution < -0.4 is 14.8 Å². The maximum absolute atomic E-state index is 14.6. The summed E-state index contributed by atoms with van der Waals surface area (Å²) in [6.07, 6.45) is 0.216. The third kappa shape index (κ3) is 7.62. The van der Waals surface area contributed by atoms with Crippen LogP contribution in [0.3, 0.4) is 0 Å². The number of hydroxylamine groups is 2. The number of imide groups is 1. The van der Waals surface area contributed by atoms with Gasteiger partial charge in [-0.2, -0.15) is 8.88 Å². The summed E-state index contributed by atoms with van der Waals surface area (Å²) in [5.41, 5.74) is 4.54. The van der Waals surface area contributed by atoms with E-state index in [1.807, 2.05) is 78.7 Å². The SMILES string of the molecule is CN(c1ccccc1)c1ccc2c(-c3ccccc3S(=O)(=O)N3CCC(C(=O)ON4C(=O)CCC4=O)CC3)c3ccc(=[N+](C)c4ccc(S(=O)(=O)[O-])cc4)cc-3oc2c1. The molecular formula is C43H38N4O10S2. The minimum absolute atomic E-state index is 0.0105. The van der Waals surface area contributed by atoms with Gasteiger partial charge in [-0.3, -0.25) is 9.59 Å². The third-order valence-electron chi connectivity index (χ3n) is 10.9. The molecular weight excluding hydrogens is 797 g/mol. The quantitative estimate of drug-likeness (QED) is 0.0765. The van der Waals surface area contributed by atoms with Crippen LogP contribution in [0.5, 0.6) is 0 Å². The van der Waals surface area contributed by atoms with Crippen molar-refractivity contribution in [2.45, 2.75) is 35.5 Å². The van der Waals surface area contributed by atoms with E-state index in [0.717, 1.165) is 11.4 Å². The topological polar surface area (TPSA) is 178 Å². The van der Waals surface area contributed by atoms with Crippen LogP contribution in [0.1, 0.15) is 25.7 Å². The zero-order valence-corrected chi connectivity index (χ0v) is 33.6. The van der Waals surface area contributed by atoms with Crippen LogP contribution in [-0.2, 0) is 39.4 Å². The molecule has 0 saturated carbocycles. The number of hydrogen-bond donors (Lipinski definition) is 0. The molecule has 0 unspecified atom stereocenters. The number of carbonyl (C=O) groups is 3. The van der Waals surface area contributed by atoms with Gasteiger partial charge in [-0.25, -0.2) is 21.6 Å². The Morgan fingerprint density at radius 1 is 0.797 bits per heavy atom. The first-order valence-corrected chi connectivity index (χ1v) is 21.6. The minimum atomic E-state index is -4.63. The molecule has 4 aliphatic rings. The Morgan fingerprint density at radius 2 is 1.46 bits per heavy atom. The smallest absolute Gasteiger partial charge is 0.336 e. The Bertz CT molecular complexity index is 2890. The molecule has 16 heteroatoms. The van der Waals surface area contributed by atoms with E-state index < -0.39 is 43.8 Å². The molecule has 2 saturated heterocycles. The van der Waals surface area contributed by atoms with Crippen molar-refractivity contribution in [3.05, 3.63) is 121 Å². The molecule has 4 aromatic carbocycles. The summed E-state index contributed by atoms with van der Waals surface area (Å²) in [5, 5.41) is 1.84. The lowest BCUT2D eigenvalue weighted by Gasteiger charge is -2.31. The van der Waals surface area contributed by atoms with E-state index in [1.54, 1.807) is 35.9 Å². The minimum Gasteiger partial charge on any atom is -0.744 e. The van der Waals surface area contributed by atoms with E-state index in [0.29, 0.717) is 49.5 Å². The fourth-order valence-corrected chi connectivity index (χ4v) is 9.69. The fourth-order valence-electron chi connectivity index (χ4n) is 7.55. The number of amides is 2. The molecule has 3 aliphatic heterocycles. The van der Waals surface area contributed by atoms with Crippen LogP contribution in [0, 0.1) is 5.92 Å². The number of nitrogens with zero attached hydrogens (tertiary/aromatic N) is 4. The van der Waals surface area contributed by atoms with E-state index in [1.165, 1.54) is 28.6 Å². The molecule has 4 aromatic rings. The first kappa shape index (κ1) is 39.6. The fraction of sp³-hybridized carbons (Fsp3) is 0.209. The highest BCUT2D eigenvalue weighted by molar-refractivity contribution is 7.89. The maximum Gasteiger partial charge on any atom is 0.336 e. The van der Waals surface area contributed by atoms with Crippen molar-refractivity contribution in [1.29, 1.82) is 0 Å². The Labute approximate surface area is 340 Å². The molecule has 302 valence electrons. The highest BCUT2D eigenvalue weighted by Gasteiger charge is 2.38. The van der Waals surface area contributed by atoms with Gasteiger partial charge in [0.05, 0.1) is 21.8 Å². The number of piperidine rings is 1. The number of fused-ring (bicyclic) bond motifs is 2. The maximum atomic E-state index is 14.6. The van der Waals surface area contributed by atoms with E-state index >= 15 is 0 Å². The van der Waals surface area contributed by atoms with E-state index in [9.17, 15) is 35.8 Å². The number of benzene rings is 5. The molecule has 8 rings (SSSR count). The molecule has 0 atom stereocenters. The molecule has 14 nitrogen and oxygen atoms in total. The average molecular weight is 835 g/mol. The van der Waals surface area contributed by atoms with Crippen molar-refractivity contribution in [2.75, 3.05) is 32.1 Å². The summed E-state index contributed by atoms with van der Waals surface area (Å²) in [6.45, 7) is 0.0209. The second-order valence-corrected chi connectivity index (χ2v) is 17.7. The van der Waals surface area contributed by atoms with Gasteiger partial charge in [0.1, 0.15) is 28.5 Å². The second-order valence-electron chi connectivity index (χ2n) is 14.4. The van der Waals surface area contributed by atoms with Crippen molar-refractivity contribution in [3.8, 4) is 22.5 Å². The number of para-hydroxylation sites is 1. The van der Waals surface area contributed by atoms with Crippen LogP contribution in [-0.4, -0.2) is 75.7 Å². The summed E-state index contributed by atoms with van der Waals surface area (Å²) >= 11 is 0. The summed E-state index contributed by atoms with van der Waals surface area (Å²) < 4.78 is 73.6. The summed E-state index contributed by atoms with van der Waals surface area (Å²) in [4.78, 5) is 43.8. The Hall–Kier alpha value is -6.20. The molecule has 2 fully saturated rings. The predicted molar refractivity (Wildman–Crippen MR) is 217 cm³/mol. The van der Waals surface area contributed by atoms with Gasteiger partial charge in [-0.15, -0.1) is 5.06 Å². The van der Waals surface area contributed by atoms with Gasteiger partial charge >= 0.3 is 5.97 Å². The zero-order chi connectivity index (χ0) is 41.6. The van der Waals surface area contributed by atoms with Gasteiger partial charge in [-0.1, -0.05) is 36.4 Å². The highest BCUT2D eigenvalue weighted by atomic mass is 32.2. The van der Waals surface area contributed by atoms with Gasteiger partial charge in [0, 0.05) is 90.7 Å². The lowest BCUT2D eigenvalue weighted by molar-refractivity contribution is -0.201. The molecule has 0 spiro atoms. The van der Waals surface area contributed by atoms with E-state index in [4.69, 9.17) is 9.25 Å². The molecule has 2 amide bonds. The van der Waals surface area contributed by atoms with Gasteiger partial charge in [0.15, 0.2) is 0 Å². The van der Waals surface area contributed by atoms with Crippen molar-refractivity contribution >= 4 is 66.0 Å². The number of rotatable bonds is 9. The van der Waals surface area contributed by atoms with Crippen molar-refractivity contribution < 1.29 is 45.0 Å². The van der Waals surface area contributed by atoms with E-state index in [2.05, 4.69) is 0 Å². The lowest BCUT2D eigenvalue weighted by Crippen LogP contribution is -2.42. The van der Waals surface area contributed by atoms with Crippen molar-refractivity contribution in [1.82, 2.24) is 13.9 Å². The number of anilines is 2. The number of hydrogen-bond acceptors (Lipinski definition) is 11. The molecule has 0 radical (unpaired) electrons. The summed E-state index contributed by atoms with van der Waals surface area (Å²) in [7, 11) is -5.05. The first-order valence-electron chi connectivity index (χ1n) is 18.8.